The highest BCUT2D eigenvalue weighted by Crippen LogP contribution is 2.23. The number of rotatable bonds is 8. The molecule has 0 spiro atoms. The van der Waals surface area contributed by atoms with E-state index in [9.17, 15) is 4.79 Å². The predicted molar refractivity (Wildman–Crippen MR) is 86.9 cm³/mol. The summed E-state index contributed by atoms with van der Waals surface area (Å²) in [6.45, 7) is 7.21. The highest BCUT2D eigenvalue weighted by molar-refractivity contribution is 7.98. The average Bonchev–Trinajstić information content (AvgIpc) is 2.40. The van der Waals surface area contributed by atoms with E-state index in [-0.39, 0.29) is 5.78 Å². The number of ether oxygens (including phenoxy) is 1. The third-order valence-electron chi connectivity index (χ3n) is 3.35. The Balaban J connectivity index is 2.94. The number of carbonyl (C=O) groups is 1. The fourth-order valence-corrected chi connectivity index (χ4v) is 2.75. The Morgan fingerprint density at radius 2 is 2.15 bits per heavy atom. The molecule has 20 heavy (non-hydrogen) atoms. The normalized spacial score (nSPS) is 12.5. The Morgan fingerprint density at radius 3 is 2.70 bits per heavy atom. The van der Waals surface area contributed by atoms with Gasteiger partial charge in [-0.2, -0.15) is 11.8 Å². The van der Waals surface area contributed by atoms with Crippen molar-refractivity contribution in [2.45, 2.75) is 33.4 Å². The van der Waals surface area contributed by atoms with Gasteiger partial charge in [0, 0.05) is 29.5 Å². The molecule has 0 N–H and O–H groups in total. The van der Waals surface area contributed by atoms with E-state index in [2.05, 4.69) is 25.1 Å². The Bertz CT molecular complexity index is 448. The predicted octanol–water partition coefficient (Wildman–Crippen LogP) is 3.47. The third-order valence-corrected chi connectivity index (χ3v) is 4.16. The van der Waals surface area contributed by atoms with Crippen molar-refractivity contribution in [2.24, 2.45) is 0 Å². The number of ketones is 1. The minimum atomic E-state index is 0.0918. The molecule has 1 aromatic rings. The first kappa shape index (κ1) is 17.1. The SMILES string of the molecule is CCOc1ccc(C(C)=O)cc1CN(C)C(C)CSC. The third kappa shape index (κ3) is 4.84. The van der Waals surface area contributed by atoms with Crippen molar-refractivity contribution in [3.63, 3.8) is 0 Å². The second kappa shape index (κ2) is 8.32. The maximum atomic E-state index is 11.5. The molecule has 0 heterocycles. The summed E-state index contributed by atoms with van der Waals surface area (Å²) in [5, 5.41) is 0. The van der Waals surface area contributed by atoms with Crippen molar-refractivity contribution in [2.75, 3.05) is 25.7 Å². The van der Waals surface area contributed by atoms with Gasteiger partial charge in [-0.15, -0.1) is 0 Å². The van der Waals surface area contributed by atoms with E-state index in [0.717, 1.165) is 29.2 Å². The zero-order valence-electron chi connectivity index (χ0n) is 13.1. The van der Waals surface area contributed by atoms with E-state index in [4.69, 9.17) is 4.74 Å². The van der Waals surface area contributed by atoms with Crippen molar-refractivity contribution >= 4 is 17.5 Å². The molecule has 0 fully saturated rings. The highest BCUT2D eigenvalue weighted by Gasteiger charge is 2.13. The van der Waals surface area contributed by atoms with Crippen LogP contribution in [0.25, 0.3) is 0 Å². The zero-order chi connectivity index (χ0) is 15.1. The summed E-state index contributed by atoms with van der Waals surface area (Å²) in [7, 11) is 2.11. The van der Waals surface area contributed by atoms with Crippen LogP contribution in [-0.2, 0) is 6.54 Å². The molecular formula is C16H25NO2S. The number of carbonyl (C=O) groups excluding carboxylic acids is 1. The van der Waals surface area contributed by atoms with E-state index in [0.29, 0.717) is 12.6 Å². The van der Waals surface area contributed by atoms with Gasteiger partial charge in [-0.3, -0.25) is 9.69 Å². The molecule has 0 aliphatic rings. The largest absolute Gasteiger partial charge is 0.494 e. The minimum Gasteiger partial charge on any atom is -0.494 e. The molecule has 3 nitrogen and oxygen atoms in total. The lowest BCUT2D eigenvalue weighted by atomic mass is 10.1. The van der Waals surface area contributed by atoms with Crippen LogP contribution in [0.1, 0.15) is 36.7 Å². The van der Waals surface area contributed by atoms with Gasteiger partial charge in [-0.25, -0.2) is 0 Å². The van der Waals surface area contributed by atoms with Crippen molar-refractivity contribution in [3.05, 3.63) is 29.3 Å². The number of Topliss-reactive ketones (excluding diaryl/α,β-unsaturated/α-hetero) is 1. The monoisotopic (exact) mass is 295 g/mol. The van der Waals surface area contributed by atoms with Gasteiger partial charge in [0.1, 0.15) is 5.75 Å². The molecule has 0 amide bonds. The van der Waals surface area contributed by atoms with Gasteiger partial charge in [-0.05, 0) is 52.3 Å². The molecule has 4 heteroatoms. The quantitative estimate of drug-likeness (QED) is 0.687. The zero-order valence-corrected chi connectivity index (χ0v) is 13.9. The highest BCUT2D eigenvalue weighted by atomic mass is 32.2. The molecule has 0 saturated heterocycles. The Labute approximate surface area is 126 Å². The molecule has 0 aliphatic carbocycles. The maximum Gasteiger partial charge on any atom is 0.159 e. The fraction of sp³-hybridized carbons (Fsp3) is 0.562. The average molecular weight is 295 g/mol. The molecule has 1 aromatic carbocycles. The van der Waals surface area contributed by atoms with Gasteiger partial charge in [0.05, 0.1) is 6.61 Å². The molecule has 0 aromatic heterocycles. The van der Waals surface area contributed by atoms with Gasteiger partial charge in [0.25, 0.3) is 0 Å². The van der Waals surface area contributed by atoms with E-state index < -0.39 is 0 Å². The van der Waals surface area contributed by atoms with E-state index in [1.165, 1.54) is 0 Å². The fourth-order valence-electron chi connectivity index (χ4n) is 2.01. The Hall–Kier alpha value is -1.00. The van der Waals surface area contributed by atoms with E-state index >= 15 is 0 Å². The summed E-state index contributed by atoms with van der Waals surface area (Å²) in [6, 6.07) is 6.18. The number of hydrogen-bond donors (Lipinski definition) is 0. The van der Waals surface area contributed by atoms with Crippen LogP contribution in [0.3, 0.4) is 0 Å². The summed E-state index contributed by atoms with van der Waals surface area (Å²) < 4.78 is 5.67. The first-order chi connectivity index (χ1) is 9.49. The minimum absolute atomic E-state index is 0.0918. The summed E-state index contributed by atoms with van der Waals surface area (Å²) in [5.41, 5.74) is 1.82. The smallest absolute Gasteiger partial charge is 0.159 e. The van der Waals surface area contributed by atoms with Gasteiger partial charge in [-0.1, -0.05) is 0 Å². The second-order valence-corrected chi connectivity index (χ2v) is 5.94. The van der Waals surface area contributed by atoms with Crippen LogP contribution in [0.5, 0.6) is 5.75 Å². The molecule has 1 unspecified atom stereocenters. The van der Waals surface area contributed by atoms with E-state index in [1.54, 1.807) is 6.92 Å². The molecule has 0 aliphatic heterocycles. The summed E-state index contributed by atoms with van der Waals surface area (Å²) in [6.07, 6.45) is 2.12. The van der Waals surface area contributed by atoms with Crippen LogP contribution in [0.15, 0.2) is 18.2 Å². The Kier molecular flexibility index (Phi) is 7.10. The molecule has 1 atom stereocenters. The lowest BCUT2D eigenvalue weighted by molar-refractivity contribution is 0.101. The van der Waals surface area contributed by atoms with Crippen LogP contribution >= 0.6 is 11.8 Å². The molecule has 0 bridgehead atoms. The van der Waals surface area contributed by atoms with Crippen LogP contribution in [0, 0.1) is 0 Å². The van der Waals surface area contributed by atoms with E-state index in [1.807, 2.05) is 36.9 Å². The van der Waals surface area contributed by atoms with Gasteiger partial charge in [0.15, 0.2) is 5.78 Å². The molecule has 1 rings (SSSR count). The molecule has 0 radical (unpaired) electrons. The van der Waals surface area contributed by atoms with Crippen LogP contribution < -0.4 is 4.74 Å². The standard InChI is InChI=1S/C16H25NO2S/c1-6-19-16-8-7-14(13(3)18)9-15(16)10-17(4)12(2)11-20-5/h7-9,12H,6,10-11H2,1-5H3. The van der Waals surface area contributed by atoms with Crippen LogP contribution in [-0.4, -0.2) is 42.4 Å². The summed E-state index contributed by atoms with van der Waals surface area (Å²) in [4.78, 5) is 13.8. The van der Waals surface area contributed by atoms with Crippen molar-refractivity contribution in [1.82, 2.24) is 4.90 Å². The number of nitrogens with zero attached hydrogens (tertiary/aromatic N) is 1. The van der Waals surface area contributed by atoms with Gasteiger partial charge < -0.3 is 4.74 Å². The van der Waals surface area contributed by atoms with Gasteiger partial charge in [0.2, 0.25) is 0 Å². The Morgan fingerprint density at radius 1 is 1.45 bits per heavy atom. The van der Waals surface area contributed by atoms with Gasteiger partial charge >= 0.3 is 0 Å². The first-order valence-electron chi connectivity index (χ1n) is 6.95. The first-order valence-corrected chi connectivity index (χ1v) is 8.34. The number of hydrogen-bond acceptors (Lipinski definition) is 4. The molecular weight excluding hydrogens is 270 g/mol. The van der Waals surface area contributed by atoms with Crippen molar-refractivity contribution in [3.8, 4) is 5.75 Å². The van der Waals surface area contributed by atoms with Crippen LogP contribution in [0.2, 0.25) is 0 Å². The second-order valence-electron chi connectivity index (χ2n) is 5.03. The number of benzene rings is 1. The summed E-state index contributed by atoms with van der Waals surface area (Å²) in [5.74, 6) is 2.06. The lowest BCUT2D eigenvalue weighted by Gasteiger charge is -2.25. The summed E-state index contributed by atoms with van der Waals surface area (Å²) >= 11 is 1.84. The lowest BCUT2D eigenvalue weighted by Crippen LogP contribution is -2.30. The van der Waals surface area contributed by atoms with Crippen LogP contribution in [0.4, 0.5) is 0 Å². The van der Waals surface area contributed by atoms with Crippen molar-refractivity contribution in [1.29, 1.82) is 0 Å². The topological polar surface area (TPSA) is 29.5 Å². The van der Waals surface area contributed by atoms with Crippen molar-refractivity contribution < 1.29 is 9.53 Å². The molecule has 0 saturated carbocycles. The number of thioether (sulfide) groups is 1. The maximum absolute atomic E-state index is 11.5. The molecule has 112 valence electrons.